The first-order valence-corrected chi connectivity index (χ1v) is 9.43. The Morgan fingerprint density at radius 3 is 2.79 bits per heavy atom. The van der Waals surface area contributed by atoms with E-state index in [0.29, 0.717) is 47.7 Å². The quantitative estimate of drug-likeness (QED) is 0.686. The van der Waals surface area contributed by atoms with E-state index in [2.05, 4.69) is 20.9 Å². The van der Waals surface area contributed by atoms with Crippen molar-refractivity contribution in [3.63, 3.8) is 0 Å². The van der Waals surface area contributed by atoms with Gasteiger partial charge in [0.2, 0.25) is 0 Å². The number of nitrogens with one attached hydrogen (secondary N) is 2. The Morgan fingerprint density at radius 2 is 1.97 bits per heavy atom. The molecular formula is C20H21N5O4. The first kappa shape index (κ1) is 18.7. The molecule has 1 aliphatic rings. The van der Waals surface area contributed by atoms with Gasteiger partial charge in [0.15, 0.2) is 11.5 Å². The monoisotopic (exact) mass is 395 g/mol. The van der Waals surface area contributed by atoms with E-state index in [1.54, 1.807) is 42.5 Å². The Bertz CT molecular complexity index is 1100. The van der Waals surface area contributed by atoms with Crippen LogP contribution in [0.4, 0.5) is 10.5 Å². The van der Waals surface area contributed by atoms with E-state index in [-0.39, 0.29) is 24.2 Å². The minimum atomic E-state index is -0.379. The van der Waals surface area contributed by atoms with E-state index < -0.39 is 0 Å². The van der Waals surface area contributed by atoms with Crippen LogP contribution in [0.1, 0.15) is 13.3 Å². The van der Waals surface area contributed by atoms with Crippen molar-refractivity contribution in [1.82, 2.24) is 20.3 Å². The number of ether oxygens (including phenoxy) is 2. The lowest BCUT2D eigenvalue weighted by molar-refractivity contribution is 0.171. The van der Waals surface area contributed by atoms with Gasteiger partial charge in [0.05, 0.1) is 18.0 Å². The summed E-state index contributed by atoms with van der Waals surface area (Å²) in [4.78, 5) is 25.0. The average Bonchev–Trinajstić information content (AvgIpc) is 2.75. The normalized spacial score (nSPS) is 13.7. The van der Waals surface area contributed by atoms with Gasteiger partial charge >= 0.3 is 6.03 Å². The van der Waals surface area contributed by atoms with Gasteiger partial charge < -0.3 is 20.1 Å². The van der Waals surface area contributed by atoms with Gasteiger partial charge in [-0.05, 0) is 30.7 Å². The largest absolute Gasteiger partial charge is 0.486 e. The number of amides is 2. The van der Waals surface area contributed by atoms with E-state index in [0.717, 1.165) is 0 Å². The van der Waals surface area contributed by atoms with Crippen LogP contribution in [0.15, 0.2) is 47.3 Å². The summed E-state index contributed by atoms with van der Waals surface area (Å²) in [6.07, 6.45) is 0.621. The smallest absolute Gasteiger partial charge is 0.319 e. The first-order chi connectivity index (χ1) is 14.1. The van der Waals surface area contributed by atoms with Gasteiger partial charge in [-0.2, -0.15) is 0 Å². The summed E-state index contributed by atoms with van der Waals surface area (Å²) in [6.45, 7) is 3.13. The summed E-state index contributed by atoms with van der Waals surface area (Å²) in [5, 5.41) is 14.2. The van der Waals surface area contributed by atoms with Crippen molar-refractivity contribution in [3.05, 3.63) is 52.8 Å². The molecule has 0 saturated heterocycles. The van der Waals surface area contributed by atoms with Crippen LogP contribution in [0.25, 0.3) is 10.9 Å². The number of nitrogens with zero attached hydrogens (tertiary/aromatic N) is 3. The Balaban J connectivity index is 1.43. The molecule has 0 aliphatic carbocycles. The molecule has 9 nitrogen and oxygen atoms in total. The minimum Gasteiger partial charge on any atom is -0.486 e. The molecule has 29 heavy (non-hydrogen) atoms. The molecule has 4 rings (SSSR count). The molecule has 0 radical (unpaired) electrons. The second kappa shape index (κ2) is 8.17. The van der Waals surface area contributed by atoms with Gasteiger partial charge in [0, 0.05) is 11.8 Å². The van der Waals surface area contributed by atoms with E-state index >= 15 is 0 Å². The molecule has 1 atom stereocenters. The van der Waals surface area contributed by atoms with Crippen LogP contribution in [-0.2, 0) is 6.54 Å². The molecule has 2 amide bonds. The Morgan fingerprint density at radius 1 is 1.17 bits per heavy atom. The van der Waals surface area contributed by atoms with Crippen LogP contribution in [0.2, 0.25) is 0 Å². The number of aromatic nitrogens is 3. The predicted octanol–water partition coefficient (Wildman–Crippen LogP) is 2.16. The second-order valence-electron chi connectivity index (χ2n) is 6.66. The summed E-state index contributed by atoms with van der Waals surface area (Å²) in [5.74, 6) is 1.25. The standard InChI is InChI=1S/C20H21N5O4/c1-2-13(12-25-19(26)15-5-3-4-6-16(15)23-24-25)21-20(27)22-14-7-8-17-18(11-14)29-10-9-28-17/h3-8,11,13H,2,9-10,12H2,1H3,(H2,21,22,27)/t13-/m0/s1. The van der Waals surface area contributed by atoms with Gasteiger partial charge in [0.25, 0.3) is 5.56 Å². The van der Waals surface area contributed by atoms with Gasteiger partial charge in [0.1, 0.15) is 18.7 Å². The Hall–Kier alpha value is -3.62. The lowest BCUT2D eigenvalue weighted by Gasteiger charge is -2.20. The van der Waals surface area contributed by atoms with Crippen LogP contribution >= 0.6 is 0 Å². The molecule has 0 saturated carbocycles. The van der Waals surface area contributed by atoms with Crippen molar-refractivity contribution >= 4 is 22.6 Å². The molecule has 1 aromatic heterocycles. The molecule has 3 aromatic rings. The number of urea groups is 1. The zero-order valence-corrected chi connectivity index (χ0v) is 15.9. The topological polar surface area (TPSA) is 107 Å². The van der Waals surface area contributed by atoms with Crippen LogP contribution < -0.4 is 25.7 Å². The molecule has 0 unspecified atom stereocenters. The summed E-state index contributed by atoms with van der Waals surface area (Å²) < 4.78 is 12.3. The predicted molar refractivity (Wildman–Crippen MR) is 107 cm³/mol. The van der Waals surface area contributed by atoms with Crippen LogP contribution in [-0.4, -0.2) is 40.3 Å². The van der Waals surface area contributed by atoms with Crippen molar-refractivity contribution < 1.29 is 14.3 Å². The molecule has 2 heterocycles. The summed E-state index contributed by atoms with van der Waals surface area (Å²) in [6, 6.07) is 11.6. The molecule has 1 aliphatic heterocycles. The highest BCUT2D eigenvalue weighted by Gasteiger charge is 2.16. The van der Waals surface area contributed by atoms with Gasteiger partial charge in [-0.1, -0.05) is 24.3 Å². The van der Waals surface area contributed by atoms with Gasteiger partial charge in [-0.3, -0.25) is 4.79 Å². The maximum absolute atomic E-state index is 12.6. The number of anilines is 1. The number of benzene rings is 2. The number of fused-ring (bicyclic) bond motifs is 2. The van der Waals surface area contributed by atoms with Crippen molar-refractivity contribution in [2.45, 2.75) is 25.9 Å². The van der Waals surface area contributed by atoms with E-state index in [9.17, 15) is 9.59 Å². The number of rotatable bonds is 5. The third-order valence-corrected chi connectivity index (χ3v) is 4.65. The third kappa shape index (κ3) is 4.13. The van der Waals surface area contributed by atoms with Crippen molar-refractivity contribution in [2.75, 3.05) is 18.5 Å². The summed E-state index contributed by atoms with van der Waals surface area (Å²) in [7, 11) is 0. The fourth-order valence-corrected chi connectivity index (χ4v) is 3.10. The fourth-order valence-electron chi connectivity index (χ4n) is 3.10. The van der Waals surface area contributed by atoms with Crippen molar-refractivity contribution in [3.8, 4) is 11.5 Å². The van der Waals surface area contributed by atoms with E-state index in [4.69, 9.17) is 9.47 Å². The maximum atomic E-state index is 12.6. The molecule has 0 spiro atoms. The zero-order chi connectivity index (χ0) is 20.2. The van der Waals surface area contributed by atoms with E-state index in [1.807, 2.05) is 6.92 Å². The first-order valence-electron chi connectivity index (χ1n) is 9.43. The van der Waals surface area contributed by atoms with Crippen molar-refractivity contribution in [2.24, 2.45) is 0 Å². The van der Waals surface area contributed by atoms with Crippen LogP contribution in [0.5, 0.6) is 11.5 Å². The zero-order valence-electron chi connectivity index (χ0n) is 15.9. The highest BCUT2D eigenvalue weighted by Crippen LogP contribution is 2.32. The molecule has 9 heteroatoms. The molecule has 0 bridgehead atoms. The second-order valence-corrected chi connectivity index (χ2v) is 6.66. The van der Waals surface area contributed by atoms with Crippen LogP contribution in [0, 0.1) is 0 Å². The molecule has 150 valence electrons. The highest BCUT2D eigenvalue weighted by atomic mass is 16.6. The molecule has 2 N–H and O–H groups in total. The maximum Gasteiger partial charge on any atom is 0.319 e. The minimum absolute atomic E-state index is 0.224. The Kier molecular flexibility index (Phi) is 5.28. The summed E-state index contributed by atoms with van der Waals surface area (Å²) >= 11 is 0. The molecular weight excluding hydrogens is 374 g/mol. The fraction of sp³-hybridized carbons (Fsp3) is 0.300. The van der Waals surface area contributed by atoms with Crippen molar-refractivity contribution in [1.29, 1.82) is 0 Å². The summed E-state index contributed by atoms with van der Waals surface area (Å²) in [5.41, 5.74) is 0.901. The SMILES string of the molecule is CC[C@@H](Cn1nnc2ccccc2c1=O)NC(=O)Nc1ccc2c(c1)OCCO2. The molecule has 0 fully saturated rings. The average molecular weight is 395 g/mol. The number of hydrogen-bond acceptors (Lipinski definition) is 6. The van der Waals surface area contributed by atoms with Crippen LogP contribution in [0.3, 0.4) is 0 Å². The van der Waals surface area contributed by atoms with Gasteiger partial charge in [-0.15, -0.1) is 5.10 Å². The highest BCUT2D eigenvalue weighted by molar-refractivity contribution is 5.89. The molecule has 2 aromatic carbocycles. The number of hydrogen-bond donors (Lipinski definition) is 2. The third-order valence-electron chi connectivity index (χ3n) is 4.65. The van der Waals surface area contributed by atoms with Gasteiger partial charge in [-0.25, -0.2) is 9.48 Å². The number of carbonyl (C=O) groups excluding carboxylic acids is 1. The van der Waals surface area contributed by atoms with E-state index in [1.165, 1.54) is 4.68 Å². The number of carbonyl (C=O) groups is 1. The lowest BCUT2D eigenvalue weighted by Crippen LogP contribution is -2.42. The Labute approximate surface area is 166 Å². The lowest BCUT2D eigenvalue weighted by atomic mass is 10.2.